The van der Waals surface area contributed by atoms with Crippen molar-refractivity contribution in [1.82, 2.24) is 0 Å². The fourth-order valence-corrected chi connectivity index (χ4v) is 6.81. The summed E-state index contributed by atoms with van der Waals surface area (Å²) >= 11 is 0. The van der Waals surface area contributed by atoms with Crippen molar-refractivity contribution < 1.29 is 28.6 Å². The molecule has 0 saturated carbocycles. The van der Waals surface area contributed by atoms with E-state index in [1.165, 1.54) is 116 Å². The predicted molar refractivity (Wildman–Crippen MR) is 256 cm³/mol. The van der Waals surface area contributed by atoms with E-state index >= 15 is 0 Å². The quantitative estimate of drug-likeness (QED) is 0.0200. The summed E-state index contributed by atoms with van der Waals surface area (Å²) in [6, 6.07) is 0. The lowest BCUT2D eigenvalue weighted by molar-refractivity contribution is -0.167. The first-order valence-corrected chi connectivity index (χ1v) is 25.0. The number of rotatable bonds is 44. The molecule has 0 amide bonds. The Balaban J connectivity index is 4.38. The van der Waals surface area contributed by atoms with Crippen LogP contribution < -0.4 is 0 Å². The van der Waals surface area contributed by atoms with Gasteiger partial charge in [-0.3, -0.25) is 14.4 Å². The molecule has 0 aliphatic rings. The van der Waals surface area contributed by atoms with Crippen molar-refractivity contribution in [3.8, 4) is 0 Å². The largest absolute Gasteiger partial charge is 0.462 e. The number of hydrogen-bond donors (Lipinski definition) is 0. The number of carbonyl (C=O) groups is 3. The van der Waals surface area contributed by atoms with E-state index in [9.17, 15) is 14.4 Å². The Kier molecular flexibility index (Phi) is 46.0. The third kappa shape index (κ3) is 45.9. The van der Waals surface area contributed by atoms with Gasteiger partial charge in [-0.1, -0.05) is 235 Å². The van der Waals surface area contributed by atoms with Gasteiger partial charge in [-0.2, -0.15) is 0 Å². The Labute approximate surface area is 370 Å². The third-order valence-electron chi connectivity index (χ3n) is 10.6. The Bertz CT molecular complexity index is 1140. The van der Waals surface area contributed by atoms with Crippen LogP contribution in [0.4, 0.5) is 0 Å². The summed E-state index contributed by atoms with van der Waals surface area (Å²) in [5.74, 6) is -0.995. The maximum atomic E-state index is 12.7. The molecule has 0 saturated heterocycles. The lowest BCUT2D eigenvalue weighted by Gasteiger charge is -2.18. The van der Waals surface area contributed by atoms with Gasteiger partial charge in [-0.05, 0) is 51.4 Å². The van der Waals surface area contributed by atoms with E-state index in [1.54, 1.807) is 0 Å². The number of allylic oxidation sites excluding steroid dienone is 12. The lowest BCUT2D eigenvalue weighted by Crippen LogP contribution is -2.30. The van der Waals surface area contributed by atoms with Crippen molar-refractivity contribution in [3.63, 3.8) is 0 Å². The monoisotopic (exact) mass is 837 g/mol. The van der Waals surface area contributed by atoms with Gasteiger partial charge in [0.15, 0.2) is 6.10 Å². The number of carbonyl (C=O) groups excluding carboxylic acids is 3. The zero-order chi connectivity index (χ0) is 43.7. The standard InChI is InChI=1S/C54H92O6/c1-4-7-10-13-16-19-22-24-25-26-27-28-29-31-32-35-38-41-44-47-53(56)59-50-51(49-58-52(55)46-43-40-37-34-21-18-15-12-9-6-3)60-54(57)48-45-42-39-36-33-30-23-20-17-14-11-8-5-2/h8,11,14-15,17-18,20,23,30,33,36,39,51H,4-7,9-10,12-13,16,19,21-22,24-29,31-32,34-35,37-38,40-50H2,1-3H3/b11-8-,17-14-,18-15-,23-20-,33-30-,39-36-. The highest BCUT2D eigenvalue weighted by molar-refractivity contribution is 5.71. The molecular weight excluding hydrogens is 745 g/mol. The van der Waals surface area contributed by atoms with Gasteiger partial charge in [0.05, 0.1) is 0 Å². The van der Waals surface area contributed by atoms with Gasteiger partial charge < -0.3 is 14.2 Å². The fraction of sp³-hybridized carbons (Fsp3) is 0.722. The molecule has 0 aromatic rings. The van der Waals surface area contributed by atoms with E-state index in [0.717, 1.165) is 70.6 Å². The molecular formula is C54H92O6. The van der Waals surface area contributed by atoms with Crippen LogP contribution in [0, 0.1) is 0 Å². The molecule has 1 atom stereocenters. The molecule has 0 N–H and O–H groups in total. The van der Waals surface area contributed by atoms with Crippen LogP contribution in [0.25, 0.3) is 0 Å². The first-order valence-electron chi connectivity index (χ1n) is 25.0. The molecule has 0 aromatic carbocycles. The van der Waals surface area contributed by atoms with Gasteiger partial charge in [0.1, 0.15) is 13.2 Å². The van der Waals surface area contributed by atoms with Crippen LogP contribution in [-0.2, 0) is 28.6 Å². The molecule has 0 aliphatic heterocycles. The van der Waals surface area contributed by atoms with E-state index in [4.69, 9.17) is 14.2 Å². The van der Waals surface area contributed by atoms with E-state index in [2.05, 4.69) is 39.0 Å². The Hall–Kier alpha value is -3.15. The predicted octanol–water partition coefficient (Wildman–Crippen LogP) is 16.3. The summed E-state index contributed by atoms with van der Waals surface area (Å²) in [5.41, 5.74) is 0. The van der Waals surface area contributed by atoms with Crippen molar-refractivity contribution in [2.24, 2.45) is 0 Å². The van der Waals surface area contributed by atoms with Gasteiger partial charge in [-0.15, -0.1) is 0 Å². The third-order valence-corrected chi connectivity index (χ3v) is 10.6. The van der Waals surface area contributed by atoms with Gasteiger partial charge in [-0.25, -0.2) is 0 Å². The van der Waals surface area contributed by atoms with Crippen LogP contribution in [0.3, 0.4) is 0 Å². The molecule has 344 valence electrons. The highest BCUT2D eigenvalue weighted by Crippen LogP contribution is 2.15. The molecule has 0 rings (SSSR count). The number of ether oxygens (including phenoxy) is 3. The average molecular weight is 837 g/mol. The molecule has 0 bridgehead atoms. The van der Waals surface area contributed by atoms with E-state index in [1.807, 2.05) is 54.7 Å². The summed E-state index contributed by atoms with van der Waals surface area (Å²) in [6.07, 6.45) is 60.5. The zero-order valence-electron chi connectivity index (χ0n) is 39.2. The van der Waals surface area contributed by atoms with E-state index in [0.29, 0.717) is 19.3 Å². The second kappa shape index (κ2) is 48.5. The molecule has 0 aromatic heterocycles. The molecule has 0 aliphatic carbocycles. The van der Waals surface area contributed by atoms with Crippen molar-refractivity contribution in [2.75, 3.05) is 13.2 Å². The molecule has 6 heteroatoms. The SMILES string of the molecule is CC\C=C/C=C\C=C/C=C\C=C/CCCC(=O)OC(COC(=O)CCCCCC/C=C\CCCC)COC(=O)CCCCCCCCCCCCCCCCCCCCC. The summed E-state index contributed by atoms with van der Waals surface area (Å²) in [4.78, 5) is 37.8. The summed E-state index contributed by atoms with van der Waals surface area (Å²) in [7, 11) is 0. The normalized spacial score (nSPS) is 12.7. The minimum Gasteiger partial charge on any atom is -0.462 e. The number of hydrogen-bond acceptors (Lipinski definition) is 6. The number of esters is 3. The van der Waals surface area contributed by atoms with Crippen LogP contribution >= 0.6 is 0 Å². The highest BCUT2D eigenvalue weighted by Gasteiger charge is 2.19. The van der Waals surface area contributed by atoms with Gasteiger partial charge in [0.25, 0.3) is 0 Å². The van der Waals surface area contributed by atoms with Crippen molar-refractivity contribution in [2.45, 2.75) is 239 Å². The molecule has 0 radical (unpaired) electrons. The maximum absolute atomic E-state index is 12.7. The van der Waals surface area contributed by atoms with Crippen LogP contribution in [0.5, 0.6) is 0 Å². The highest BCUT2D eigenvalue weighted by atomic mass is 16.6. The smallest absolute Gasteiger partial charge is 0.306 e. The molecule has 0 spiro atoms. The van der Waals surface area contributed by atoms with Gasteiger partial charge >= 0.3 is 17.9 Å². The minimum atomic E-state index is -0.813. The van der Waals surface area contributed by atoms with Crippen LogP contribution in [0.2, 0.25) is 0 Å². The number of unbranched alkanes of at least 4 members (excludes halogenated alkanes) is 25. The second-order valence-corrected chi connectivity index (χ2v) is 16.5. The molecule has 0 heterocycles. The Morgan fingerprint density at radius 2 is 0.700 bits per heavy atom. The zero-order valence-corrected chi connectivity index (χ0v) is 39.2. The average Bonchev–Trinajstić information content (AvgIpc) is 3.24. The van der Waals surface area contributed by atoms with Gasteiger partial charge in [0, 0.05) is 19.3 Å². The molecule has 60 heavy (non-hydrogen) atoms. The van der Waals surface area contributed by atoms with E-state index in [-0.39, 0.29) is 37.5 Å². The van der Waals surface area contributed by atoms with Crippen LogP contribution in [-0.4, -0.2) is 37.2 Å². The van der Waals surface area contributed by atoms with Crippen molar-refractivity contribution >= 4 is 17.9 Å². The Morgan fingerprint density at radius 1 is 0.350 bits per heavy atom. The van der Waals surface area contributed by atoms with Crippen molar-refractivity contribution in [1.29, 1.82) is 0 Å². The molecule has 0 fully saturated rings. The fourth-order valence-electron chi connectivity index (χ4n) is 6.81. The first-order chi connectivity index (χ1) is 29.5. The van der Waals surface area contributed by atoms with Gasteiger partial charge in [0.2, 0.25) is 0 Å². The van der Waals surface area contributed by atoms with Crippen molar-refractivity contribution in [3.05, 3.63) is 72.9 Å². The summed E-state index contributed by atoms with van der Waals surface area (Å²) < 4.78 is 16.7. The second-order valence-electron chi connectivity index (χ2n) is 16.5. The lowest BCUT2D eigenvalue weighted by atomic mass is 10.0. The summed E-state index contributed by atoms with van der Waals surface area (Å²) in [6.45, 7) is 6.38. The topological polar surface area (TPSA) is 78.9 Å². The minimum absolute atomic E-state index is 0.106. The Morgan fingerprint density at radius 3 is 1.15 bits per heavy atom. The molecule has 1 unspecified atom stereocenters. The van der Waals surface area contributed by atoms with E-state index < -0.39 is 6.10 Å². The van der Waals surface area contributed by atoms with Crippen LogP contribution in [0.15, 0.2) is 72.9 Å². The maximum Gasteiger partial charge on any atom is 0.306 e. The first kappa shape index (κ1) is 56.9. The molecule has 6 nitrogen and oxygen atoms in total. The van der Waals surface area contributed by atoms with Crippen LogP contribution in [0.1, 0.15) is 233 Å². The summed E-state index contributed by atoms with van der Waals surface area (Å²) in [5, 5.41) is 0.